The zero-order valence-electron chi connectivity index (χ0n) is 20.6. The summed E-state index contributed by atoms with van der Waals surface area (Å²) in [6.07, 6.45) is 0.700. The number of fused-ring (bicyclic) bond motifs is 1. The van der Waals surface area contributed by atoms with Crippen LogP contribution in [0.1, 0.15) is 16.5 Å². The van der Waals surface area contributed by atoms with Crippen LogP contribution >= 0.6 is 22.9 Å². The van der Waals surface area contributed by atoms with Gasteiger partial charge in [-0.3, -0.25) is 4.79 Å². The van der Waals surface area contributed by atoms with Gasteiger partial charge in [-0.2, -0.15) is 4.31 Å². The van der Waals surface area contributed by atoms with Gasteiger partial charge in [0.2, 0.25) is 15.9 Å². The topological polar surface area (TPSA) is 85.4 Å². The van der Waals surface area contributed by atoms with Crippen molar-refractivity contribution in [1.29, 1.82) is 0 Å². The molecule has 0 aliphatic carbocycles. The van der Waals surface area contributed by atoms with Gasteiger partial charge in [0.05, 0.1) is 31.2 Å². The van der Waals surface area contributed by atoms with Crippen molar-refractivity contribution >= 4 is 38.9 Å². The highest BCUT2D eigenvalue weighted by atomic mass is 35.5. The summed E-state index contributed by atoms with van der Waals surface area (Å²) in [5, 5.41) is 2.43. The summed E-state index contributed by atoms with van der Waals surface area (Å²) in [5.41, 5.74) is 1.02. The summed E-state index contributed by atoms with van der Waals surface area (Å²) in [7, 11) is -0.890. The van der Waals surface area contributed by atoms with E-state index in [4.69, 9.17) is 25.8 Å². The van der Waals surface area contributed by atoms with Crippen LogP contribution in [0.2, 0.25) is 5.02 Å². The van der Waals surface area contributed by atoms with Crippen molar-refractivity contribution < 1.29 is 27.4 Å². The molecule has 1 atom stereocenters. The summed E-state index contributed by atoms with van der Waals surface area (Å²) < 4.78 is 44.6. The fraction of sp³-hybridized carbons (Fsp3) is 0.346. The quantitative estimate of drug-likeness (QED) is 0.346. The van der Waals surface area contributed by atoms with Crippen LogP contribution in [0.4, 0.5) is 0 Å². The first-order valence-corrected chi connectivity index (χ1v) is 14.4. The van der Waals surface area contributed by atoms with Gasteiger partial charge in [0.15, 0.2) is 11.5 Å². The molecule has 0 spiro atoms. The lowest BCUT2D eigenvalue weighted by atomic mass is 10.0. The molecule has 1 aliphatic heterocycles. The Labute approximate surface area is 226 Å². The van der Waals surface area contributed by atoms with E-state index in [0.29, 0.717) is 29.5 Å². The Kier molecular flexibility index (Phi) is 9.09. The van der Waals surface area contributed by atoms with Crippen molar-refractivity contribution in [3.05, 3.63) is 75.4 Å². The van der Waals surface area contributed by atoms with E-state index in [-0.39, 0.29) is 43.1 Å². The Morgan fingerprint density at radius 2 is 1.84 bits per heavy atom. The molecular formula is C26H29ClN2O6S2. The second kappa shape index (κ2) is 12.3. The van der Waals surface area contributed by atoms with Gasteiger partial charge in [-0.25, -0.2) is 8.42 Å². The minimum Gasteiger partial charge on any atom is -0.493 e. The molecule has 0 saturated carbocycles. The highest BCUT2D eigenvalue weighted by Gasteiger charge is 2.35. The fourth-order valence-corrected chi connectivity index (χ4v) is 6.68. The Balaban J connectivity index is 1.57. The molecule has 3 aromatic rings. The molecule has 2 heterocycles. The second-order valence-electron chi connectivity index (χ2n) is 8.40. The zero-order valence-corrected chi connectivity index (χ0v) is 23.0. The number of hydrogen-bond acceptors (Lipinski definition) is 7. The Morgan fingerprint density at radius 3 is 2.54 bits per heavy atom. The van der Waals surface area contributed by atoms with Crippen LogP contribution in [0.3, 0.4) is 0 Å². The van der Waals surface area contributed by atoms with E-state index in [1.807, 2.05) is 35.7 Å². The van der Waals surface area contributed by atoms with Crippen molar-refractivity contribution in [3.63, 3.8) is 0 Å². The van der Waals surface area contributed by atoms with Gasteiger partial charge < -0.3 is 19.1 Å². The molecule has 8 nitrogen and oxygen atoms in total. The molecule has 1 amide bonds. The van der Waals surface area contributed by atoms with Crippen LogP contribution < -0.4 is 9.47 Å². The average molecular weight is 565 g/mol. The minimum atomic E-state index is -3.95. The van der Waals surface area contributed by atoms with E-state index in [1.54, 1.807) is 23.3 Å². The summed E-state index contributed by atoms with van der Waals surface area (Å²) in [5.74, 6) is 0.868. The van der Waals surface area contributed by atoms with E-state index < -0.39 is 10.0 Å². The van der Waals surface area contributed by atoms with Crippen molar-refractivity contribution in [2.24, 2.45) is 0 Å². The molecule has 198 valence electrons. The van der Waals surface area contributed by atoms with Gasteiger partial charge in [-0.15, -0.1) is 11.3 Å². The molecule has 0 fully saturated rings. The van der Waals surface area contributed by atoms with E-state index in [1.165, 1.54) is 36.3 Å². The monoisotopic (exact) mass is 564 g/mol. The largest absolute Gasteiger partial charge is 0.493 e. The number of sulfonamides is 1. The maximum absolute atomic E-state index is 13.7. The molecule has 0 bridgehead atoms. The number of halogens is 1. The number of hydrogen-bond donors (Lipinski definition) is 0. The van der Waals surface area contributed by atoms with Crippen LogP contribution in [0.5, 0.6) is 11.5 Å². The first-order chi connectivity index (χ1) is 17.8. The van der Waals surface area contributed by atoms with Gasteiger partial charge in [0.1, 0.15) is 6.61 Å². The number of rotatable bonds is 11. The third kappa shape index (κ3) is 6.27. The maximum Gasteiger partial charge on any atom is 0.243 e. The normalized spacial score (nSPS) is 15.5. The highest BCUT2D eigenvalue weighted by Crippen LogP contribution is 2.35. The lowest BCUT2D eigenvalue weighted by molar-refractivity contribution is -0.135. The van der Waals surface area contributed by atoms with Crippen molar-refractivity contribution in [3.8, 4) is 11.5 Å². The number of ether oxygens (including phenoxy) is 3. The molecule has 4 rings (SSSR count). The number of para-hydroxylation sites is 2. The maximum atomic E-state index is 13.7. The van der Waals surface area contributed by atoms with Gasteiger partial charge in [0.25, 0.3) is 0 Å². The third-order valence-electron chi connectivity index (χ3n) is 6.19. The van der Waals surface area contributed by atoms with Gasteiger partial charge >= 0.3 is 0 Å². The van der Waals surface area contributed by atoms with Gasteiger partial charge in [-0.1, -0.05) is 23.7 Å². The second-order valence-corrected chi connectivity index (χ2v) is 11.8. The predicted molar refractivity (Wildman–Crippen MR) is 143 cm³/mol. The Hall–Kier alpha value is -2.63. The van der Waals surface area contributed by atoms with Crippen LogP contribution in [-0.4, -0.2) is 70.6 Å². The lowest BCUT2D eigenvalue weighted by Crippen LogP contribution is -2.48. The number of nitrogens with zero attached hydrogens (tertiary/aromatic N) is 2. The van der Waals surface area contributed by atoms with E-state index >= 15 is 0 Å². The molecule has 0 saturated heterocycles. The average Bonchev–Trinajstić information content (AvgIpc) is 3.39. The van der Waals surface area contributed by atoms with Gasteiger partial charge in [-0.05, 0) is 59.8 Å². The lowest BCUT2D eigenvalue weighted by Gasteiger charge is -2.37. The smallest absolute Gasteiger partial charge is 0.243 e. The van der Waals surface area contributed by atoms with Crippen molar-refractivity contribution in [1.82, 2.24) is 9.21 Å². The van der Waals surface area contributed by atoms with Crippen molar-refractivity contribution in [2.45, 2.75) is 17.4 Å². The van der Waals surface area contributed by atoms with Crippen molar-refractivity contribution in [2.75, 3.05) is 47.1 Å². The highest BCUT2D eigenvalue weighted by molar-refractivity contribution is 7.89. The van der Waals surface area contributed by atoms with Crippen LogP contribution in [0.15, 0.2) is 64.9 Å². The van der Waals surface area contributed by atoms with E-state index in [0.717, 1.165) is 9.87 Å². The molecule has 1 aliphatic rings. The number of thiophene rings is 1. The summed E-state index contributed by atoms with van der Waals surface area (Å²) in [6.45, 7) is 0.532. The first-order valence-electron chi connectivity index (χ1n) is 11.7. The molecule has 1 unspecified atom stereocenters. The SMILES string of the molecule is COCCN(CC(=O)N1CCc2sccc2C1COc1ccccc1OC)S(=O)(=O)c1ccc(Cl)cc1. The number of benzene rings is 2. The fourth-order valence-electron chi connectivity index (χ4n) is 4.26. The Morgan fingerprint density at radius 1 is 1.11 bits per heavy atom. The van der Waals surface area contributed by atoms with Crippen LogP contribution in [0, 0.1) is 0 Å². The van der Waals surface area contributed by atoms with Crippen LogP contribution in [-0.2, 0) is 26.0 Å². The standard InChI is InChI=1S/C26H29ClN2O6S2/c1-33-15-14-28(37(31,32)20-9-7-19(27)8-10-20)17-26(30)29-13-11-25-21(12-16-36-25)22(29)18-35-24-6-4-3-5-23(24)34-2/h3-10,12,16,22H,11,13-15,17-18H2,1-2H3. The third-order valence-corrected chi connectivity index (χ3v) is 9.30. The number of methoxy groups -OCH3 is 2. The minimum absolute atomic E-state index is 0.0348. The van der Waals surface area contributed by atoms with Gasteiger partial charge in [0, 0.05) is 30.1 Å². The number of amides is 1. The van der Waals surface area contributed by atoms with Crippen LogP contribution in [0.25, 0.3) is 0 Å². The molecule has 2 aromatic carbocycles. The first kappa shape index (κ1) is 27.4. The summed E-state index contributed by atoms with van der Waals surface area (Å²) >= 11 is 7.59. The molecule has 37 heavy (non-hydrogen) atoms. The Bertz CT molecular complexity index is 1310. The van der Waals surface area contributed by atoms with E-state index in [9.17, 15) is 13.2 Å². The molecule has 0 N–H and O–H groups in total. The molecular weight excluding hydrogens is 536 g/mol. The molecule has 0 radical (unpaired) electrons. The predicted octanol–water partition coefficient (Wildman–Crippen LogP) is 4.25. The van der Waals surface area contributed by atoms with E-state index in [2.05, 4.69) is 0 Å². The zero-order chi connectivity index (χ0) is 26.4. The number of carbonyl (C=O) groups excluding carboxylic acids is 1. The molecule has 11 heteroatoms. The molecule has 1 aromatic heterocycles. The summed E-state index contributed by atoms with van der Waals surface area (Å²) in [6, 6.07) is 14.9. The summed E-state index contributed by atoms with van der Waals surface area (Å²) in [4.78, 5) is 16.6. The number of carbonyl (C=O) groups is 1.